The first kappa shape index (κ1) is 19.9. The molecule has 0 saturated carbocycles. The van der Waals surface area contributed by atoms with Crippen LogP contribution >= 0.6 is 0 Å². The number of amides is 1. The van der Waals surface area contributed by atoms with Crippen molar-refractivity contribution in [2.75, 3.05) is 17.4 Å². The monoisotopic (exact) mass is 412 g/mol. The molecule has 2 aromatic rings. The molecule has 150 valence electrons. The molecule has 1 heterocycles. The zero-order valence-corrected chi connectivity index (χ0v) is 15.9. The molecule has 28 heavy (non-hydrogen) atoms. The third-order valence-corrected chi connectivity index (χ3v) is 5.39. The Hall–Kier alpha value is -2.88. The molecule has 2 aromatic carbocycles. The minimum absolute atomic E-state index is 0.120. The van der Waals surface area contributed by atoms with Gasteiger partial charge in [-0.2, -0.15) is 0 Å². The Morgan fingerprint density at radius 3 is 2.54 bits per heavy atom. The topological polar surface area (TPSA) is 84.9 Å². The molecule has 1 unspecified atom stereocenters. The highest BCUT2D eigenvalue weighted by Gasteiger charge is 2.29. The van der Waals surface area contributed by atoms with Crippen molar-refractivity contribution in [1.29, 1.82) is 0 Å². The van der Waals surface area contributed by atoms with Crippen LogP contribution in [0.3, 0.4) is 0 Å². The van der Waals surface area contributed by atoms with E-state index in [1.165, 1.54) is 6.92 Å². The Morgan fingerprint density at radius 1 is 1.14 bits per heavy atom. The number of carbonyl (C=O) groups is 1. The van der Waals surface area contributed by atoms with E-state index in [0.29, 0.717) is 11.5 Å². The van der Waals surface area contributed by atoms with Crippen LogP contribution in [0.4, 0.5) is 14.5 Å². The first-order valence-corrected chi connectivity index (χ1v) is 10.1. The summed E-state index contributed by atoms with van der Waals surface area (Å²) in [6.07, 6.45) is 0.885. The van der Waals surface area contributed by atoms with Crippen molar-refractivity contribution in [3.05, 3.63) is 53.6 Å². The van der Waals surface area contributed by atoms with Crippen LogP contribution in [0.2, 0.25) is 0 Å². The number of hydrogen-bond donors (Lipinski definition) is 1. The van der Waals surface area contributed by atoms with Gasteiger partial charge in [-0.15, -0.1) is 0 Å². The second-order valence-electron chi connectivity index (χ2n) is 6.24. The van der Waals surface area contributed by atoms with Crippen LogP contribution < -0.4 is 19.1 Å². The smallest absolute Gasteiger partial charge is 0.243 e. The summed E-state index contributed by atoms with van der Waals surface area (Å²) in [4.78, 5) is 12.5. The van der Waals surface area contributed by atoms with Gasteiger partial charge in [0.1, 0.15) is 6.04 Å². The Kier molecular flexibility index (Phi) is 5.41. The quantitative estimate of drug-likeness (QED) is 0.786. The number of sulfonamides is 1. The van der Waals surface area contributed by atoms with Crippen molar-refractivity contribution in [3.63, 3.8) is 0 Å². The normalized spacial score (nSPS) is 13.9. The van der Waals surface area contributed by atoms with E-state index >= 15 is 0 Å². The van der Waals surface area contributed by atoms with E-state index in [9.17, 15) is 22.0 Å². The number of hydrogen-bond acceptors (Lipinski definition) is 5. The summed E-state index contributed by atoms with van der Waals surface area (Å²) in [5.41, 5.74) is 0.579. The van der Waals surface area contributed by atoms with Crippen molar-refractivity contribution in [2.24, 2.45) is 0 Å². The zero-order chi connectivity index (χ0) is 20.5. The van der Waals surface area contributed by atoms with Gasteiger partial charge in [-0.1, -0.05) is 6.07 Å². The maximum absolute atomic E-state index is 13.6. The Balaban J connectivity index is 1.75. The molecule has 1 aliphatic rings. The van der Waals surface area contributed by atoms with E-state index in [4.69, 9.17) is 9.47 Å². The predicted molar refractivity (Wildman–Crippen MR) is 97.6 cm³/mol. The number of nitrogens with zero attached hydrogens (tertiary/aromatic N) is 1. The Bertz CT molecular complexity index is 1010. The summed E-state index contributed by atoms with van der Waals surface area (Å²) in [7, 11) is -3.94. The van der Waals surface area contributed by atoms with Gasteiger partial charge in [0.25, 0.3) is 0 Å². The molecule has 0 fully saturated rings. The van der Waals surface area contributed by atoms with Gasteiger partial charge in [0.05, 0.1) is 11.9 Å². The van der Waals surface area contributed by atoms with Crippen LogP contribution in [-0.4, -0.2) is 33.4 Å². The number of fused-ring (bicyclic) bond motifs is 1. The van der Waals surface area contributed by atoms with Gasteiger partial charge in [-0.3, -0.25) is 9.10 Å². The second kappa shape index (κ2) is 7.63. The standard InChI is InChI=1S/C18H18F2N2O5S/c1-11(22(28(2,24)25)13-4-5-14(19)15(20)8-13)18(23)21-9-12-3-6-16-17(7-12)27-10-26-16/h3-8,11H,9-10H2,1-2H3,(H,21,23). The van der Waals surface area contributed by atoms with Crippen molar-refractivity contribution < 1.29 is 31.5 Å². The average molecular weight is 412 g/mol. The van der Waals surface area contributed by atoms with Gasteiger partial charge in [0.2, 0.25) is 22.7 Å². The zero-order valence-electron chi connectivity index (χ0n) is 15.1. The molecule has 0 aliphatic carbocycles. The lowest BCUT2D eigenvalue weighted by atomic mass is 10.2. The van der Waals surface area contributed by atoms with Crippen LogP contribution in [0.15, 0.2) is 36.4 Å². The van der Waals surface area contributed by atoms with Crippen LogP contribution in [0.25, 0.3) is 0 Å². The molecule has 10 heteroatoms. The molecule has 0 saturated heterocycles. The summed E-state index contributed by atoms with van der Waals surface area (Å²) >= 11 is 0. The molecule has 1 aliphatic heterocycles. The van der Waals surface area contributed by atoms with E-state index in [1.807, 2.05) is 0 Å². The van der Waals surface area contributed by atoms with Crippen LogP contribution in [0, 0.1) is 11.6 Å². The van der Waals surface area contributed by atoms with Crippen molar-refractivity contribution >= 4 is 21.6 Å². The molecule has 1 atom stereocenters. The van der Waals surface area contributed by atoms with Gasteiger partial charge in [0.15, 0.2) is 23.1 Å². The van der Waals surface area contributed by atoms with Gasteiger partial charge in [0, 0.05) is 12.6 Å². The lowest BCUT2D eigenvalue weighted by molar-refractivity contribution is -0.122. The largest absolute Gasteiger partial charge is 0.454 e. The van der Waals surface area contributed by atoms with Gasteiger partial charge in [-0.05, 0) is 36.8 Å². The molecule has 1 amide bonds. The third-order valence-electron chi connectivity index (χ3n) is 4.15. The fourth-order valence-electron chi connectivity index (χ4n) is 2.82. The molecule has 7 nitrogen and oxygen atoms in total. The summed E-state index contributed by atoms with van der Waals surface area (Å²) in [6.45, 7) is 1.60. The Morgan fingerprint density at radius 2 is 1.86 bits per heavy atom. The SMILES string of the molecule is CC(C(=O)NCc1ccc2c(c1)OCO2)N(c1ccc(F)c(F)c1)S(C)(=O)=O. The first-order chi connectivity index (χ1) is 13.2. The average Bonchev–Trinajstić information content (AvgIpc) is 3.09. The summed E-state index contributed by atoms with van der Waals surface area (Å²) in [5.74, 6) is -1.77. The van der Waals surface area contributed by atoms with Crippen LogP contribution in [0.1, 0.15) is 12.5 Å². The van der Waals surface area contributed by atoms with Crippen LogP contribution in [-0.2, 0) is 21.4 Å². The van der Waals surface area contributed by atoms with E-state index in [0.717, 1.165) is 34.3 Å². The number of ether oxygens (including phenoxy) is 2. The number of anilines is 1. The van der Waals surface area contributed by atoms with E-state index in [2.05, 4.69) is 5.32 Å². The molecule has 1 N–H and O–H groups in total. The van der Waals surface area contributed by atoms with E-state index in [1.54, 1.807) is 18.2 Å². The molecule has 3 rings (SSSR count). The maximum Gasteiger partial charge on any atom is 0.243 e. The number of halogens is 2. The number of nitrogens with one attached hydrogen (secondary N) is 1. The van der Waals surface area contributed by atoms with Gasteiger partial charge < -0.3 is 14.8 Å². The van der Waals surface area contributed by atoms with Crippen molar-refractivity contribution in [2.45, 2.75) is 19.5 Å². The maximum atomic E-state index is 13.6. The molecule has 0 aromatic heterocycles. The molecular formula is C18H18F2N2O5S. The van der Waals surface area contributed by atoms with Gasteiger partial charge in [-0.25, -0.2) is 17.2 Å². The molecule has 0 spiro atoms. The number of benzene rings is 2. The minimum atomic E-state index is -3.94. The van der Waals surface area contributed by atoms with Gasteiger partial charge >= 0.3 is 0 Å². The highest BCUT2D eigenvalue weighted by Crippen LogP contribution is 2.32. The molecule has 0 radical (unpaired) electrons. The summed E-state index contributed by atoms with van der Waals surface area (Å²) < 4.78 is 62.3. The summed E-state index contributed by atoms with van der Waals surface area (Å²) in [5, 5.41) is 2.63. The predicted octanol–water partition coefficient (Wildman–Crippen LogP) is 2.16. The number of carbonyl (C=O) groups excluding carboxylic acids is 1. The lowest BCUT2D eigenvalue weighted by Gasteiger charge is -2.28. The third kappa shape index (κ3) is 4.16. The first-order valence-electron chi connectivity index (χ1n) is 8.27. The van der Waals surface area contributed by atoms with E-state index < -0.39 is 33.6 Å². The number of rotatable bonds is 6. The Labute approximate surface area is 160 Å². The van der Waals surface area contributed by atoms with Crippen molar-refractivity contribution in [3.8, 4) is 11.5 Å². The molecular weight excluding hydrogens is 394 g/mol. The fraction of sp³-hybridized carbons (Fsp3) is 0.278. The minimum Gasteiger partial charge on any atom is -0.454 e. The van der Waals surface area contributed by atoms with E-state index in [-0.39, 0.29) is 19.0 Å². The summed E-state index contributed by atoms with van der Waals surface area (Å²) in [6, 6.07) is 6.60. The lowest BCUT2D eigenvalue weighted by Crippen LogP contribution is -2.47. The van der Waals surface area contributed by atoms with Crippen LogP contribution in [0.5, 0.6) is 11.5 Å². The highest BCUT2D eigenvalue weighted by atomic mass is 32.2. The fourth-order valence-corrected chi connectivity index (χ4v) is 3.99. The van der Waals surface area contributed by atoms with Crippen molar-refractivity contribution in [1.82, 2.24) is 5.32 Å². The second-order valence-corrected chi connectivity index (χ2v) is 8.10. The molecule has 0 bridgehead atoms. The highest BCUT2D eigenvalue weighted by molar-refractivity contribution is 7.92.